The predicted molar refractivity (Wildman–Crippen MR) is 92.4 cm³/mol. The van der Waals surface area contributed by atoms with Crippen LogP contribution in [-0.4, -0.2) is 30.9 Å². The molecule has 1 N–H and O–H groups in total. The van der Waals surface area contributed by atoms with Crippen LogP contribution in [-0.2, 0) is 12.8 Å². The van der Waals surface area contributed by atoms with Crippen LogP contribution in [0.15, 0.2) is 45.4 Å². The van der Waals surface area contributed by atoms with E-state index in [0.717, 1.165) is 41.7 Å². The fraction of sp³-hybridized carbons (Fsp3) is 0.316. The number of carbonyl (C=O) groups excluding carboxylic acids is 1. The van der Waals surface area contributed by atoms with E-state index in [1.165, 1.54) is 11.8 Å². The SMILES string of the molecule is CN(C)C1CCc2oc3ccc(NC(=O)c4ccco4)cc3c2C1. The second-order valence-corrected chi connectivity index (χ2v) is 6.51. The minimum absolute atomic E-state index is 0.247. The van der Waals surface area contributed by atoms with Gasteiger partial charge >= 0.3 is 0 Å². The second kappa shape index (κ2) is 5.83. The molecule has 0 spiro atoms. The smallest absolute Gasteiger partial charge is 0.291 e. The lowest BCUT2D eigenvalue weighted by Crippen LogP contribution is -2.33. The molecular formula is C19H20N2O3. The number of nitrogens with one attached hydrogen (secondary N) is 1. The first-order valence-electron chi connectivity index (χ1n) is 8.17. The van der Waals surface area contributed by atoms with Crippen LogP contribution in [0.25, 0.3) is 11.0 Å². The van der Waals surface area contributed by atoms with Gasteiger partial charge in [-0.25, -0.2) is 0 Å². The summed E-state index contributed by atoms with van der Waals surface area (Å²) >= 11 is 0. The number of rotatable bonds is 3. The third-order valence-electron chi connectivity index (χ3n) is 4.75. The van der Waals surface area contributed by atoms with Gasteiger partial charge in [-0.15, -0.1) is 0 Å². The van der Waals surface area contributed by atoms with E-state index < -0.39 is 0 Å². The van der Waals surface area contributed by atoms with E-state index in [1.807, 2.05) is 18.2 Å². The fourth-order valence-electron chi connectivity index (χ4n) is 3.38. The monoisotopic (exact) mass is 324 g/mol. The number of hydrogen-bond acceptors (Lipinski definition) is 4. The van der Waals surface area contributed by atoms with Crippen LogP contribution in [0.2, 0.25) is 0 Å². The summed E-state index contributed by atoms with van der Waals surface area (Å²) in [7, 11) is 4.24. The van der Waals surface area contributed by atoms with Gasteiger partial charge in [0.05, 0.1) is 6.26 Å². The lowest BCUT2D eigenvalue weighted by molar-refractivity contribution is 0.0996. The van der Waals surface area contributed by atoms with Gasteiger partial charge in [0, 0.05) is 29.1 Å². The Hall–Kier alpha value is -2.53. The first-order chi connectivity index (χ1) is 11.6. The van der Waals surface area contributed by atoms with Crippen LogP contribution >= 0.6 is 0 Å². The highest BCUT2D eigenvalue weighted by Gasteiger charge is 2.25. The zero-order chi connectivity index (χ0) is 16.7. The molecule has 124 valence electrons. The van der Waals surface area contributed by atoms with E-state index in [1.54, 1.807) is 12.1 Å². The van der Waals surface area contributed by atoms with Crippen molar-refractivity contribution in [2.75, 3.05) is 19.4 Å². The Balaban J connectivity index is 1.65. The summed E-state index contributed by atoms with van der Waals surface area (Å²) in [5.41, 5.74) is 2.90. The molecule has 0 fully saturated rings. The van der Waals surface area contributed by atoms with Crippen molar-refractivity contribution in [1.82, 2.24) is 4.90 Å². The fourth-order valence-corrected chi connectivity index (χ4v) is 3.38. The molecule has 1 aliphatic rings. The highest BCUT2D eigenvalue weighted by atomic mass is 16.3. The topological polar surface area (TPSA) is 58.6 Å². The zero-order valence-electron chi connectivity index (χ0n) is 13.8. The maximum Gasteiger partial charge on any atom is 0.291 e. The molecular weight excluding hydrogens is 304 g/mol. The minimum atomic E-state index is -0.247. The van der Waals surface area contributed by atoms with Gasteiger partial charge in [-0.05, 0) is 57.3 Å². The molecule has 0 bridgehead atoms. The maximum absolute atomic E-state index is 12.1. The standard InChI is InChI=1S/C19H20N2O3/c1-21(2)13-6-8-17-15(11-13)14-10-12(5-7-16(14)24-17)20-19(22)18-4-3-9-23-18/h3-5,7,9-10,13H,6,8,11H2,1-2H3,(H,20,22). The summed E-state index contributed by atoms with van der Waals surface area (Å²) < 4.78 is 11.1. The van der Waals surface area contributed by atoms with Crippen molar-refractivity contribution in [3.8, 4) is 0 Å². The molecule has 5 nitrogen and oxygen atoms in total. The van der Waals surface area contributed by atoms with Crippen molar-refractivity contribution in [2.24, 2.45) is 0 Å². The molecule has 3 aromatic rings. The van der Waals surface area contributed by atoms with E-state index in [0.29, 0.717) is 11.8 Å². The first kappa shape index (κ1) is 15.0. The molecule has 0 aliphatic heterocycles. The summed E-state index contributed by atoms with van der Waals surface area (Å²) in [5.74, 6) is 1.14. The van der Waals surface area contributed by atoms with E-state index in [9.17, 15) is 4.79 Å². The van der Waals surface area contributed by atoms with E-state index >= 15 is 0 Å². The minimum Gasteiger partial charge on any atom is -0.461 e. The van der Waals surface area contributed by atoms with Gasteiger partial charge in [-0.1, -0.05) is 0 Å². The van der Waals surface area contributed by atoms with Crippen LogP contribution in [0, 0.1) is 0 Å². The quantitative estimate of drug-likeness (QED) is 0.798. The van der Waals surface area contributed by atoms with Gasteiger partial charge in [0.25, 0.3) is 5.91 Å². The van der Waals surface area contributed by atoms with Crippen LogP contribution in [0.1, 0.15) is 28.3 Å². The van der Waals surface area contributed by atoms with Gasteiger partial charge in [0.1, 0.15) is 11.3 Å². The van der Waals surface area contributed by atoms with Crippen LogP contribution in [0.3, 0.4) is 0 Å². The zero-order valence-corrected chi connectivity index (χ0v) is 13.8. The van der Waals surface area contributed by atoms with Crippen LogP contribution in [0.4, 0.5) is 5.69 Å². The van der Waals surface area contributed by atoms with Gasteiger partial charge in [0.2, 0.25) is 0 Å². The number of amides is 1. The summed E-state index contributed by atoms with van der Waals surface area (Å²) in [4.78, 5) is 14.4. The Morgan fingerprint density at radius 2 is 2.17 bits per heavy atom. The number of carbonyl (C=O) groups is 1. The number of furan rings is 2. The Bertz CT molecular complexity index is 878. The normalized spacial score (nSPS) is 17.2. The number of fused-ring (bicyclic) bond motifs is 3. The molecule has 2 heterocycles. The van der Waals surface area contributed by atoms with Gasteiger partial charge < -0.3 is 19.1 Å². The van der Waals surface area contributed by atoms with Gasteiger partial charge in [0.15, 0.2) is 5.76 Å². The highest BCUT2D eigenvalue weighted by Crippen LogP contribution is 2.34. The molecule has 1 atom stereocenters. The summed E-state index contributed by atoms with van der Waals surface area (Å²) in [6.07, 6.45) is 4.54. The summed E-state index contributed by atoms with van der Waals surface area (Å²) in [5, 5.41) is 3.97. The Morgan fingerprint density at radius 3 is 2.92 bits per heavy atom. The number of aryl methyl sites for hydroxylation is 1. The van der Waals surface area contributed by atoms with Crippen molar-refractivity contribution in [3.63, 3.8) is 0 Å². The maximum atomic E-state index is 12.1. The lowest BCUT2D eigenvalue weighted by Gasteiger charge is -2.27. The van der Waals surface area contributed by atoms with E-state index in [4.69, 9.17) is 8.83 Å². The first-order valence-corrected chi connectivity index (χ1v) is 8.17. The van der Waals surface area contributed by atoms with Crippen molar-refractivity contribution < 1.29 is 13.6 Å². The summed E-state index contributed by atoms with van der Waals surface area (Å²) in [6, 6.07) is 9.66. The molecule has 2 aromatic heterocycles. The Kier molecular flexibility index (Phi) is 3.65. The molecule has 5 heteroatoms. The number of nitrogens with zero attached hydrogens (tertiary/aromatic N) is 1. The molecule has 0 saturated carbocycles. The number of likely N-dealkylation sites (N-methyl/N-ethyl adjacent to an activating group) is 1. The third kappa shape index (κ3) is 2.61. The molecule has 1 aromatic carbocycles. The largest absolute Gasteiger partial charge is 0.461 e. The predicted octanol–water partition coefficient (Wildman–Crippen LogP) is 3.70. The third-order valence-corrected chi connectivity index (χ3v) is 4.75. The number of hydrogen-bond donors (Lipinski definition) is 1. The number of anilines is 1. The lowest BCUT2D eigenvalue weighted by atomic mass is 9.91. The number of benzene rings is 1. The Labute approximate surface area is 140 Å². The van der Waals surface area contributed by atoms with E-state index in [2.05, 4.69) is 24.3 Å². The highest BCUT2D eigenvalue weighted by molar-refractivity contribution is 6.03. The van der Waals surface area contributed by atoms with Crippen LogP contribution in [0.5, 0.6) is 0 Å². The van der Waals surface area contributed by atoms with Crippen molar-refractivity contribution in [2.45, 2.75) is 25.3 Å². The van der Waals surface area contributed by atoms with Gasteiger partial charge in [-0.2, -0.15) is 0 Å². The Morgan fingerprint density at radius 1 is 1.29 bits per heavy atom. The van der Waals surface area contributed by atoms with Crippen molar-refractivity contribution in [3.05, 3.63) is 53.7 Å². The molecule has 1 unspecified atom stereocenters. The average Bonchev–Trinajstić information content (AvgIpc) is 3.21. The summed E-state index contributed by atoms with van der Waals surface area (Å²) in [6.45, 7) is 0. The van der Waals surface area contributed by atoms with E-state index in [-0.39, 0.29) is 5.91 Å². The molecule has 0 radical (unpaired) electrons. The van der Waals surface area contributed by atoms with Crippen LogP contribution < -0.4 is 5.32 Å². The second-order valence-electron chi connectivity index (χ2n) is 6.51. The molecule has 1 amide bonds. The van der Waals surface area contributed by atoms with Crippen molar-refractivity contribution in [1.29, 1.82) is 0 Å². The molecule has 24 heavy (non-hydrogen) atoms. The molecule has 4 rings (SSSR count). The van der Waals surface area contributed by atoms with Crippen molar-refractivity contribution >= 4 is 22.6 Å². The van der Waals surface area contributed by atoms with Gasteiger partial charge in [-0.3, -0.25) is 4.79 Å². The molecule has 1 aliphatic carbocycles. The average molecular weight is 324 g/mol. The molecule has 0 saturated heterocycles.